The van der Waals surface area contributed by atoms with Crippen LogP contribution in [0.25, 0.3) is 0 Å². The Kier molecular flexibility index (Phi) is 4.23. The number of amides is 2. The molecule has 0 aliphatic carbocycles. The van der Waals surface area contributed by atoms with E-state index in [1.165, 1.54) is 0 Å². The number of methoxy groups -OCH3 is 1. The summed E-state index contributed by atoms with van der Waals surface area (Å²) in [5, 5.41) is 3.23. The van der Waals surface area contributed by atoms with E-state index in [4.69, 9.17) is 22.1 Å². The van der Waals surface area contributed by atoms with Gasteiger partial charge >= 0.3 is 6.03 Å². The first kappa shape index (κ1) is 13.6. The topological polar surface area (TPSA) is 64.3 Å². The lowest BCUT2D eigenvalue weighted by Crippen LogP contribution is -2.39. The van der Waals surface area contributed by atoms with Gasteiger partial charge in [0.25, 0.3) is 0 Å². The van der Waals surface area contributed by atoms with Gasteiger partial charge in [-0.05, 0) is 18.2 Å². The second-order valence-electron chi connectivity index (χ2n) is 4.45. The molecule has 0 unspecified atom stereocenters. The van der Waals surface area contributed by atoms with Gasteiger partial charge in [0.05, 0.1) is 7.11 Å². The van der Waals surface area contributed by atoms with Crippen LogP contribution in [0.1, 0.15) is 19.4 Å². The average molecular weight is 257 g/mol. The van der Waals surface area contributed by atoms with Crippen LogP contribution in [0.3, 0.4) is 0 Å². The lowest BCUT2D eigenvalue weighted by Gasteiger charge is -2.27. The largest absolute Gasteiger partial charge is 0.496 e. The molecule has 1 rings (SSSR count). The van der Waals surface area contributed by atoms with Gasteiger partial charge in [0.15, 0.2) is 0 Å². The number of halogens is 1. The van der Waals surface area contributed by atoms with Crippen molar-refractivity contribution in [2.45, 2.75) is 19.3 Å². The van der Waals surface area contributed by atoms with Gasteiger partial charge in [-0.1, -0.05) is 25.4 Å². The van der Waals surface area contributed by atoms with E-state index in [2.05, 4.69) is 5.32 Å². The number of carbonyl (C=O) groups excluding carboxylic acids is 1. The van der Waals surface area contributed by atoms with Crippen molar-refractivity contribution in [2.75, 3.05) is 13.7 Å². The maximum Gasteiger partial charge on any atom is 0.312 e. The average Bonchev–Trinajstić information content (AvgIpc) is 2.26. The van der Waals surface area contributed by atoms with E-state index in [1.54, 1.807) is 13.2 Å². The van der Waals surface area contributed by atoms with E-state index in [1.807, 2.05) is 26.0 Å². The molecule has 0 saturated carbocycles. The van der Waals surface area contributed by atoms with Gasteiger partial charge < -0.3 is 15.8 Å². The van der Waals surface area contributed by atoms with Crippen molar-refractivity contribution in [1.82, 2.24) is 5.32 Å². The highest BCUT2D eigenvalue weighted by molar-refractivity contribution is 6.30. The second kappa shape index (κ2) is 5.27. The number of nitrogens with two attached hydrogens (primary N) is 1. The monoisotopic (exact) mass is 256 g/mol. The number of rotatable bonds is 4. The molecule has 1 aromatic rings. The van der Waals surface area contributed by atoms with Crippen molar-refractivity contribution in [2.24, 2.45) is 5.73 Å². The molecule has 0 heterocycles. The highest BCUT2D eigenvalue weighted by atomic mass is 35.5. The molecule has 0 saturated heterocycles. The van der Waals surface area contributed by atoms with Gasteiger partial charge in [-0.15, -0.1) is 0 Å². The third kappa shape index (κ3) is 3.53. The Labute approximate surface area is 106 Å². The zero-order valence-electron chi connectivity index (χ0n) is 10.2. The third-order valence-corrected chi connectivity index (χ3v) is 2.83. The van der Waals surface area contributed by atoms with Crippen molar-refractivity contribution < 1.29 is 9.53 Å². The highest BCUT2D eigenvalue weighted by Crippen LogP contribution is 2.33. The van der Waals surface area contributed by atoms with Gasteiger partial charge in [0.1, 0.15) is 5.75 Å². The number of hydrogen-bond donors (Lipinski definition) is 2. The van der Waals surface area contributed by atoms with Gasteiger partial charge in [-0.2, -0.15) is 0 Å². The summed E-state index contributed by atoms with van der Waals surface area (Å²) >= 11 is 5.97. The molecule has 94 valence electrons. The number of urea groups is 1. The maximum absolute atomic E-state index is 10.8. The van der Waals surface area contributed by atoms with Crippen molar-refractivity contribution >= 4 is 17.6 Å². The minimum absolute atomic E-state index is 0.314. The molecule has 0 aliphatic heterocycles. The molecular weight excluding hydrogens is 240 g/mol. The molecular formula is C12H17ClN2O2. The number of nitrogens with one attached hydrogen (secondary N) is 1. The molecule has 0 aromatic heterocycles. The summed E-state index contributed by atoms with van der Waals surface area (Å²) in [6.45, 7) is 4.38. The number of carbonyl (C=O) groups is 1. The normalized spacial score (nSPS) is 11.1. The van der Waals surface area contributed by atoms with Crippen molar-refractivity contribution in [3.05, 3.63) is 28.8 Å². The Morgan fingerprint density at radius 3 is 2.71 bits per heavy atom. The van der Waals surface area contributed by atoms with E-state index in [0.717, 1.165) is 11.3 Å². The molecule has 0 aliphatic rings. The van der Waals surface area contributed by atoms with Gasteiger partial charge in [0, 0.05) is 22.5 Å². The molecule has 0 bridgehead atoms. The highest BCUT2D eigenvalue weighted by Gasteiger charge is 2.25. The summed E-state index contributed by atoms with van der Waals surface area (Å²) in [6.07, 6.45) is 0. The van der Waals surface area contributed by atoms with Crippen LogP contribution in [0.2, 0.25) is 5.02 Å². The summed E-state index contributed by atoms with van der Waals surface area (Å²) in [5.41, 5.74) is 5.69. The summed E-state index contributed by atoms with van der Waals surface area (Å²) in [4.78, 5) is 10.8. The quantitative estimate of drug-likeness (QED) is 0.868. The van der Waals surface area contributed by atoms with Crippen LogP contribution >= 0.6 is 11.6 Å². The molecule has 17 heavy (non-hydrogen) atoms. The molecule has 0 atom stereocenters. The van der Waals surface area contributed by atoms with Crippen LogP contribution in [0.15, 0.2) is 18.2 Å². The molecule has 0 radical (unpaired) electrons. The molecule has 4 nitrogen and oxygen atoms in total. The molecule has 1 aromatic carbocycles. The minimum Gasteiger partial charge on any atom is -0.496 e. The molecule has 2 amide bonds. The van der Waals surface area contributed by atoms with Crippen LogP contribution < -0.4 is 15.8 Å². The fourth-order valence-corrected chi connectivity index (χ4v) is 1.78. The predicted octanol–water partition coefficient (Wildman–Crippen LogP) is 2.29. The van der Waals surface area contributed by atoms with Crippen molar-refractivity contribution in [3.63, 3.8) is 0 Å². The van der Waals surface area contributed by atoms with E-state index >= 15 is 0 Å². The molecule has 0 fully saturated rings. The maximum atomic E-state index is 10.8. The van der Waals surface area contributed by atoms with Crippen LogP contribution in [-0.2, 0) is 5.41 Å². The molecule has 5 heteroatoms. The predicted molar refractivity (Wildman–Crippen MR) is 68.6 cm³/mol. The lowest BCUT2D eigenvalue weighted by molar-refractivity contribution is 0.246. The fraction of sp³-hybridized carbons (Fsp3) is 0.417. The van der Waals surface area contributed by atoms with Gasteiger partial charge in [0.2, 0.25) is 0 Å². The standard InChI is InChI=1S/C12H17ClN2O2/c1-12(2,7-15-11(14)16)9-6-8(13)4-5-10(9)17-3/h4-6H,7H2,1-3H3,(H3,14,15,16). The number of benzene rings is 1. The second-order valence-corrected chi connectivity index (χ2v) is 4.88. The number of primary amides is 1. The van der Waals surface area contributed by atoms with Crippen LogP contribution in [-0.4, -0.2) is 19.7 Å². The lowest BCUT2D eigenvalue weighted by atomic mass is 9.84. The minimum atomic E-state index is -0.543. The zero-order valence-corrected chi connectivity index (χ0v) is 11.0. The Morgan fingerprint density at radius 1 is 1.53 bits per heavy atom. The van der Waals surface area contributed by atoms with E-state index in [9.17, 15) is 4.79 Å². The third-order valence-electron chi connectivity index (χ3n) is 2.60. The van der Waals surface area contributed by atoms with Crippen molar-refractivity contribution in [1.29, 1.82) is 0 Å². The summed E-state index contributed by atoms with van der Waals surface area (Å²) in [5.74, 6) is 0.741. The van der Waals surface area contributed by atoms with Gasteiger partial charge in [-0.25, -0.2) is 4.79 Å². The molecule has 0 spiro atoms. The first-order chi connectivity index (χ1) is 7.86. The van der Waals surface area contributed by atoms with Crippen molar-refractivity contribution in [3.8, 4) is 5.75 Å². The smallest absolute Gasteiger partial charge is 0.312 e. The van der Waals surface area contributed by atoms with Crippen LogP contribution in [0.5, 0.6) is 5.75 Å². The molecule has 3 N–H and O–H groups in total. The van der Waals surface area contributed by atoms with Crippen LogP contribution in [0.4, 0.5) is 4.79 Å². The first-order valence-electron chi connectivity index (χ1n) is 5.24. The summed E-state index contributed by atoms with van der Waals surface area (Å²) < 4.78 is 5.29. The van der Waals surface area contributed by atoms with E-state index < -0.39 is 6.03 Å². The van der Waals surface area contributed by atoms with Crippen LogP contribution in [0, 0.1) is 0 Å². The number of ether oxygens (including phenoxy) is 1. The zero-order chi connectivity index (χ0) is 13.1. The van der Waals surface area contributed by atoms with Gasteiger partial charge in [-0.3, -0.25) is 0 Å². The Bertz CT molecular complexity index is 419. The SMILES string of the molecule is COc1ccc(Cl)cc1C(C)(C)CNC(N)=O. The Morgan fingerprint density at radius 2 is 2.18 bits per heavy atom. The number of hydrogen-bond acceptors (Lipinski definition) is 2. The Balaban J connectivity index is 3.03. The first-order valence-corrected chi connectivity index (χ1v) is 5.62. The van der Waals surface area contributed by atoms with E-state index in [0.29, 0.717) is 11.6 Å². The summed E-state index contributed by atoms with van der Waals surface area (Å²) in [7, 11) is 1.60. The fourth-order valence-electron chi connectivity index (χ4n) is 1.61. The summed E-state index contributed by atoms with van der Waals surface area (Å²) in [6, 6.07) is 4.87. The van der Waals surface area contributed by atoms with E-state index in [-0.39, 0.29) is 5.41 Å². The Hall–Kier alpha value is -1.42.